The lowest BCUT2D eigenvalue weighted by atomic mass is 9.93. The van der Waals surface area contributed by atoms with Crippen LogP contribution in [0.25, 0.3) is 0 Å². The van der Waals surface area contributed by atoms with Gasteiger partial charge in [0.15, 0.2) is 0 Å². The van der Waals surface area contributed by atoms with Gasteiger partial charge in [-0.25, -0.2) is 0 Å². The Morgan fingerprint density at radius 3 is 1.78 bits per heavy atom. The average Bonchev–Trinajstić information content (AvgIpc) is 2.27. The van der Waals surface area contributed by atoms with E-state index in [1.165, 1.54) is 16.7 Å². The van der Waals surface area contributed by atoms with Gasteiger partial charge in [-0.15, -0.1) is 0 Å². The number of nitrogens with two attached hydrogens (primary N) is 1. The summed E-state index contributed by atoms with van der Waals surface area (Å²) in [5, 5.41) is 0. The van der Waals surface area contributed by atoms with Crippen molar-refractivity contribution in [3.05, 3.63) is 34.4 Å². The van der Waals surface area contributed by atoms with Gasteiger partial charge in [0.25, 0.3) is 0 Å². The third-order valence-corrected chi connectivity index (χ3v) is 3.08. The fourth-order valence-electron chi connectivity index (χ4n) is 2.65. The molecule has 0 unspecified atom stereocenters. The van der Waals surface area contributed by atoms with Gasteiger partial charge >= 0.3 is 0 Å². The maximum atomic E-state index is 5.94. The summed E-state index contributed by atoms with van der Waals surface area (Å²) in [5.41, 5.74) is 10.6. The molecule has 0 aliphatic rings. The average molecular weight is 251 g/mol. The number of hydrogen-bond acceptors (Lipinski definition) is 3. The monoisotopic (exact) mass is 251 g/mol. The molecule has 0 fully saturated rings. The SMILES string of the molecule is CCOC(CN)(OCC)c1c(C)cc(C)cc1C. The topological polar surface area (TPSA) is 44.5 Å². The molecule has 102 valence electrons. The van der Waals surface area contributed by atoms with E-state index in [1.807, 2.05) is 13.8 Å². The zero-order chi connectivity index (χ0) is 13.8. The number of hydrogen-bond donors (Lipinski definition) is 1. The first-order chi connectivity index (χ1) is 8.50. The summed E-state index contributed by atoms with van der Waals surface area (Å²) >= 11 is 0. The molecule has 0 saturated carbocycles. The lowest BCUT2D eigenvalue weighted by molar-refractivity contribution is -0.235. The Morgan fingerprint density at radius 2 is 1.44 bits per heavy atom. The van der Waals surface area contributed by atoms with E-state index in [1.54, 1.807) is 0 Å². The van der Waals surface area contributed by atoms with Gasteiger partial charge in [-0.2, -0.15) is 0 Å². The Bertz CT molecular complexity index is 372. The van der Waals surface area contributed by atoms with Crippen LogP contribution in [0.1, 0.15) is 36.1 Å². The summed E-state index contributed by atoms with van der Waals surface area (Å²) in [6, 6.07) is 4.29. The Kier molecular flexibility index (Phi) is 5.32. The van der Waals surface area contributed by atoms with Crippen LogP contribution in [-0.2, 0) is 15.3 Å². The van der Waals surface area contributed by atoms with Crippen LogP contribution in [0.5, 0.6) is 0 Å². The van der Waals surface area contributed by atoms with Crippen molar-refractivity contribution in [3.63, 3.8) is 0 Å². The van der Waals surface area contributed by atoms with E-state index in [2.05, 4.69) is 32.9 Å². The van der Waals surface area contributed by atoms with Crippen molar-refractivity contribution in [2.45, 2.75) is 40.4 Å². The molecule has 3 nitrogen and oxygen atoms in total. The van der Waals surface area contributed by atoms with Crippen molar-refractivity contribution in [1.29, 1.82) is 0 Å². The highest BCUT2D eigenvalue weighted by molar-refractivity contribution is 5.40. The Hall–Kier alpha value is -0.900. The molecule has 0 spiro atoms. The number of benzene rings is 1. The Morgan fingerprint density at radius 1 is 1.00 bits per heavy atom. The predicted octanol–water partition coefficient (Wildman–Crippen LogP) is 2.80. The van der Waals surface area contributed by atoms with E-state index in [4.69, 9.17) is 15.2 Å². The molecule has 0 heterocycles. The molecule has 1 aromatic rings. The van der Waals surface area contributed by atoms with E-state index in [9.17, 15) is 0 Å². The van der Waals surface area contributed by atoms with Gasteiger partial charge in [-0.05, 0) is 45.7 Å². The lowest BCUT2D eigenvalue weighted by Gasteiger charge is -2.35. The van der Waals surface area contributed by atoms with Crippen molar-refractivity contribution in [2.24, 2.45) is 5.73 Å². The molecule has 0 radical (unpaired) electrons. The fraction of sp³-hybridized carbons (Fsp3) is 0.600. The summed E-state index contributed by atoms with van der Waals surface area (Å²) in [6.45, 7) is 11.6. The van der Waals surface area contributed by atoms with Gasteiger partial charge in [0.05, 0.1) is 6.54 Å². The molecule has 0 bridgehead atoms. The van der Waals surface area contributed by atoms with Crippen LogP contribution in [0.3, 0.4) is 0 Å². The Labute approximate surface area is 110 Å². The summed E-state index contributed by atoms with van der Waals surface area (Å²) in [4.78, 5) is 0. The van der Waals surface area contributed by atoms with Gasteiger partial charge in [0, 0.05) is 18.8 Å². The molecule has 2 N–H and O–H groups in total. The molecule has 0 aliphatic carbocycles. The molecule has 1 rings (SSSR count). The minimum Gasteiger partial charge on any atom is -0.345 e. The number of rotatable bonds is 6. The second-order valence-corrected chi connectivity index (χ2v) is 4.60. The molecular weight excluding hydrogens is 226 g/mol. The molecule has 0 atom stereocenters. The Balaban J connectivity index is 3.36. The van der Waals surface area contributed by atoms with Crippen LogP contribution < -0.4 is 5.73 Å². The van der Waals surface area contributed by atoms with Gasteiger partial charge in [-0.3, -0.25) is 0 Å². The maximum Gasteiger partial charge on any atom is 0.208 e. The van der Waals surface area contributed by atoms with Crippen molar-refractivity contribution in [2.75, 3.05) is 19.8 Å². The summed E-state index contributed by atoms with van der Waals surface area (Å²) < 4.78 is 11.7. The fourth-order valence-corrected chi connectivity index (χ4v) is 2.65. The van der Waals surface area contributed by atoms with Crippen LogP contribution in [0.15, 0.2) is 12.1 Å². The van der Waals surface area contributed by atoms with E-state index in [-0.39, 0.29) is 0 Å². The van der Waals surface area contributed by atoms with Crippen molar-refractivity contribution in [3.8, 4) is 0 Å². The van der Waals surface area contributed by atoms with E-state index in [0.29, 0.717) is 19.8 Å². The third kappa shape index (κ3) is 2.91. The van der Waals surface area contributed by atoms with E-state index in [0.717, 1.165) is 5.56 Å². The first-order valence-electron chi connectivity index (χ1n) is 6.57. The second kappa shape index (κ2) is 6.32. The maximum absolute atomic E-state index is 5.94. The largest absolute Gasteiger partial charge is 0.345 e. The van der Waals surface area contributed by atoms with E-state index < -0.39 is 5.79 Å². The molecule has 0 saturated heterocycles. The molecule has 18 heavy (non-hydrogen) atoms. The van der Waals surface area contributed by atoms with Gasteiger partial charge in [0.1, 0.15) is 0 Å². The standard InChI is InChI=1S/C15H25NO2/c1-6-17-15(10-16,18-7-2)14-12(4)8-11(3)9-13(14)5/h8-9H,6-7,10,16H2,1-5H3. The molecule has 0 aromatic heterocycles. The van der Waals surface area contributed by atoms with Crippen molar-refractivity contribution in [1.82, 2.24) is 0 Å². The highest BCUT2D eigenvalue weighted by atomic mass is 16.7. The van der Waals surface area contributed by atoms with Crippen molar-refractivity contribution >= 4 is 0 Å². The molecule has 0 amide bonds. The first-order valence-corrected chi connectivity index (χ1v) is 6.57. The minimum absolute atomic E-state index is 0.319. The van der Waals surface area contributed by atoms with Crippen LogP contribution >= 0.6 is 0 Å². The normalized spacial score (nSPS) is 11.9. The predicted molar refractivity (Wildman–Crippen MR) is 74.6 cm³/mol. The van der Waals surface area contributed by atoms with Gasteiger partial charge in [0.2, 0.25) is 5.79 Å². The molecule has 1 aromatic carbocycles. The quantitative estimate of drug-likeness (QED) is 0.791. The van der Waals surface area contributed by atoms with Crippen molar-refractivity contribution < 1.29 is 9.47 Å². The number of ether oxygens (including phenoxy) is 2. The first kappa shape index (κ1) is 15.2. The third-order valence-electron chi connectivity index (χ3n) is 3.08. The van der Waals surface area contributed by atoms with Gasteiger partial charge < -0.3 is 15.2 Å². The summed E-state index contributed by atoms with van der Waals surface area (Å²) in [6.07, 6.45) is 0. The highest BCUT2D eigenvalue weighted by Crippen LogP contribution is 2.32. The van der Waals surface area contributed by atoms with E-state index >= 15 is 0 Å². The highest BCUT2D eigenvalue weighted by Gasteiger charge is 2.35. The molecular formula is C15H25NO2. The van der Waals surface area contributed by atoms with Crippen LogP contribution in [0.2, 0.25) is 0 Å². The molecule has 3 heteroatoms. The van der Waals surface area contributed by atoms with Gasteiger partial charge in [-0.1, -0.05) is 17.7 Å². The lowest BCUT2D eigenvalue weighted by Crippen LogP contribution is -2.42. The second-order valence-electron chi connectivity index (χ2n) is 4.60. The zero-order valence-corrected chi connectivity index (χ0v) is 12.2. The van der Waals surface area contributed by atoms with Crippen LogP contribution in [-0.4, -0.2) is 19.8 Å². The minimum atomic E-state index is -0.814. The van der Waals surface area contributed by atoms with Crippen LogP contribution in [0, 0.1) is 20.8 Å². The zero-order valence-electron chi connectivity index (χ0n) is 12.2. The number of aryl methyl sites for hydroxylation is 3. The molecule has 0 aliphatic heterocycles. The smallest absolute Gasteiger partial charge is 0.208 e. The van der Waals surface area contributed by atoms with Crippen LogP contribution in [0.4, 0.5) is 0 Å². The summed E-state index contributed by atoms with van der Waals surface area (Å²) in [7, 11) is 0. The summed E-state index contributed by atoms with van der Waals surface area (Å²) in [5.74, 6) is -0.814.